The van der Waals surface area contributed by atoms with Crippen molar-refractivity contribution in [3.05, 3.63) is 64.2 Å². The van der Waals surface area contributed by atoms with Crippen LogP contribution in [-0.4, -0.2) is 0 Å². The highest BCUT2D eigenvalue weighted by Gasteiger charge is 2.13. The molecule has 0 fully saturated rings. The van der Waals surface area contributed by atoms with E-state index in [0.29, 0.717) is 10.6 Å². The van der Waals surface area contributed by atoms with Gasteiger partial charge in [0.25, 0.3) is 0 Å². The van der Waals surface area contributed by atoms with Crippen molar-refractivity contribution in [1.29, 1.82) is 0 Å². The SMILES string of the molecule is CCC(Nc1cc(F)c(C)cc1F)c1ccc(Cl)cc1. The van der Waals surface area contributed by atoms with Crippen molar-refractivity contribution in [2.45, 2.75) is 26.3 Å². The summed E-state index contributed by atoms with van der Waals surface area (Å²) >= 11 is 5.85. The van der Waals surface area contributed by atoms with Crippen LogP contribution in [0.25, 0.3) is 0 Å². The molecule has 0 saturated carbocycles. The summed E-state index contributed by atoms with van der Waals surface area (Å²) in [5.41, 5.74) is 1.46. The van der Waals surface area contributed by atoms with Crippen LogP contribution >= 0.6 is 11.6 Å². The van der Waals surface area contributed by atoms with E-state index in [0.717, 1.165) is 12.0 Å². The van der Waals surface area contributed by atoms with E-state index in [2.05, 4.69) is 5.32 Å². The van der Waals surface area contributed by atoms with Gasteiger partial charge in [-0.1, -0.05) is 30.7 Å². The maximum absolute atomic E-state index is 13.9. The number of benzene rings is 2. The number of hydrogen-bond acceptors (Lipinski definition) is 1. The molecule has 4 heteroatoms. The molecule has 20 heavy (non-hydrogen) atoms. The summed E-state index contributed by atoms with van der Waals surface area (Å²) in [6.45, 7) is 3.52. The minimum Gasteiger partial charge on any atom is -0.376 e. The van der Waals surface area contributed by atoms with Gasteiger partial charge in [-0.3, -0.25) is 0 Å². The summed E-state index contributed by atoms with van der Waals surface area (Å²) in [5, 5.41) is 3.69. The minimum atomic E-state index is -0.448. The molecule has 2 aromatic carbocycles. The average Bonchev–Trinajstić information content (AvgIpc) is 2.42. The van der Waals surface area contributed by atoms with Crippen LogP contribution in [0, 0.1) is 18.6 Å². The van der Waals surface area contributed by atoms with E-state index in [-0.39, 0.29) is 11.7 Å². The zero-order chi connectivity index (χ0) is 14.7. The molecule has 106 valence electrons. The third-order valence-corrected chi connectivity index (χ3v) is 3.51. The monoisotopic (exact) mass is 295 g/mol. The Morgan fingerprint density at radius 1 is 1.10 bits per heavy atom. The molecule has 0 spiro atoms. The lowest BCUT2D eigenvalue weighted by Gasteiger charge is -2.19. The molecular weight excluding hydrogens is 280 g/mol. The zero-order valence-electron chi connectivity index (χ0n) is 11.4. The van der Waals surface area contributed by atoms with Crippen LogP contribution in [0.3, 0.4) is 0 Å². The molecule has 0 radical (unpaired) electrons. The predicted molar refractivity (Wildman–Crippen MR) is 79.2 cm³/mol. The summed E-state index contributed by atoms with van der Waals surface area (Å²) in [7, 11) is 0. The van der Waals surface area contributed by atoms with E-state index in [1.165, 1.54) is 12.1 Å². The van der Waals surface area contributed by atoms with Gasteiger partial charge in [0.15, 0.2) is 0 Å². The molecule has 2 aromatic rings. The summed E-state index contributed by atoms with van der Waals surface area (Å²) in [5.74, 6) is -0.865. The molecule has 2 rings (SSSR count). The molecule has 0 bridgehead atoms. The van der Waals surface area contributed by atoms with Gasteiger partial charge in [0.05, 0.1) is 11.7 Å². The molecule has 0 saturated heterocycles. The molecule has 0 aliphatic rings. The Morgan fingerprint density at radius 2 is 1.75 bits per heavy atom. The fourth-order valence-corrected chi connectivity index (χ4v) is 2.19. The Balaban J connectivity index is 2.26. The Labute approximate surface area is 122 Å². The Bertz CT molecular complexity index is 596. The van der Waals surface area contributed by atoms with Crippen LogP contribution in [0.4, 0.5) is 14.5 Å². The van der Waals surface area contributed by atoms with Gasteiger partial charge in [0.2, 0.25) is 0 Å². The van der Waals surface area contributed by atoms with Crippen molar-refractivity contribution < 1.29 is 8.78 Å². The molecule has 1 nitrogen and oxygen atoms in total. The van der Waals surface area contributed by atoms with Gasteiger partial charge in [-0.15, -0.1) is 0 Å². The highest BCUT2D eigenvalue weighted by molar-refractivity contribution is 6.30. The van der Waals surface area contributed by atoms with Crippen LogP contribution in [-0.2, 0) is 0 Å². The first-order valence-corrected chi connectivity index (χ1v) is 6.86. The second-order valence-electron chi connectivity index (χ2n) is 4.74. The number of halogens is 3. The van der Waals surface area contributed by atoms with E-state index in [1.807, 2.05) is 19.1 Å². The highest BCUT2D eigenvalue weighted by Crippen LogP contribution is 2.27. The maximum atomic E-state index is 13.9. The second-order valence-corrected chi connectivity index (χ2v) is 5.17. The van der Waals surface area contributed by atoms with Gasteiger partial charge in [0, 0.05) is 11.1 Å². The summed E-state index contributed by atoms with van der Waals surface area (Å²) in [6, 6.07) is 9.64. The molecule has 1 unspecified atom stereocenters. The van der Waals surface area contributed by atoms with Crippen molar-refractivity contribution in [3.8, 4) is 0 Å². The van der Waals surface area contributed by atoms with Crippen LogP contribution < -0.4 is 5.32 Å². The van der Waals surface area contributed by atoms with E-state index in [9.17, 15) is 8.78 Å². The van der Waals surface area contributed by atoms with Gasteiger partial charge in [-0.05, 0) is 42.7 Å². The topological polar surface area (TPSA) is 12.0 Å². The molecule has 0 aliphatic heterocycles. The average molecular weight is 296 g/mol. The van der Waals surface area contributed by atoms with Crippen molar-refractivity contribution in [2.24, 2.45) is 0 Å². The second kappa shape index (κ2) is 6.23. The van der Waals surface area contributed by atoms with Gasteiger partial charge >= 0.3 is 0 Å². The van der Waals surface area contributed by atoms with E-state index in [1.54, 1.807) is 19.1 Å². The minimum absolute atomic E-state index is 0.0936. The lowest BCUT2D eigenvalue weighted by Crippen LogP contribution is -2.11. The Hall–Kier alpha value is -1.61. The van der Waals surface area contributed by atoms with Crippen LogP contribution in [0.2, 0.25) is 5.02 Å². The molecule has 0 amide bonds. The standard InChI is InChI=1S/C16H16ClF2N/c1-3-15(11-4-6-12(17)7-5-11)20-16-9-13(18)10(2)8-14(16)19/h4-9,15,20H,3H2,1-2H3. The third kappa shape index (κ3) is 3.28. The molecule has 0 aromatic heterocycles. The van der Waals surface area contributed by atoms with Gasteiger partial charge in [-0.25, -0.2) is 8.78 Å². The fourth-order valence-electron chi connectivity index (χ4n) is 2.06. The van der Waals surface area contributed by atoms with Crippen molar-refractivity contribution in [2.75, 3.05) is 5.32 Å². The van der Waals surface area contributed by atoms with Crippen LogP contribution in [0.15, 0.2) is 36.4 Å². The number of hydrogen-bond donors (Lipinski definition) is 1. The molecular formula is C16H16ClF2N. The number of rotatable bonds is 4. The largest absolute Gasteiger partial charge is 0.376 e. The highest BCUT2D eigenvalue weighted by atomic mass is 35.5. The predicted octanol–water partition coefficient (Wildman–Crippen LogP) is 5.49. The lowest BCUT2D eigenvalue weighted by molar-refractivity contribution is 0.591. The smallest absolute Gasteiger partial charge is 0.146 e. The summed E-state index contributed by atoms with van der Waals surface area (Å²) < 4.78 is 27.4. The van der Waals surface area contributed by atoms with E-state index in [4.69, 9.17) is 11.6 Å². The number of nitrogens with one attached hydrogen (secondary N) is 1. The molecule has 0 heterocycles. The van der Waals surface area contributed by atoms with Crippen LogP contribution in [0.1, 0.15) is 30.5 Å². The first-order chi connectivity index (χ1) is 9.51. The van der Waals surface area contributed by atoms with Gasteiger partial charge in [-0.2, -0.15) is 0 Å². The van der Waals surface area contributed by atoms with Gasteiger partial charge < -0.3 is 5.32 Å². The third-order valence-electron chi connectivity index (χ3n) is 3.26. The first-order valence-electron chi connectivity index (χ1n) is 6.49. The van der Waals surface area contributed by atoms with E-state index >= 15 is 0 Å². The number of aryl methyl sites for hydroxylation is 1. The van der Waals surface area contributed by atoms with Crippen molar-refractivity contribution >= 4 is 17.3 Å². The first kappa shape index (κ1) is 14.8. The van der Waals surface area contributed by atoms with Crippen molar-refractivity contribution in [3.63, 3.8) is 0 Å². The maximum Gasteiger partial charge on any atom is 0.146 e. The summed E-state index contributed by atoms with van der Waals surface area (Å²) in [4.78, 5) is 0. The molecule has 0 aliphatic carbocycles. The lowest BCUT2D eigenvalue weighted by atomic mass is 10.0. The normalized spacial score (nSPS) is 12.2. The zero-order valence-corrected chi connectivity index (χ0v) is 12.1. The molecule has 1 N–H and O–H groups in total. The Kier molecular flexibility index (Phi) is 4.61. The van der Waals surface area contributed by atoms with E-state index < -0.39 is 11.6 Å². The Morgan fingerprint density at radius 3 is 2.35 bits per heavy atom. The van der Waals surface area contributed by atoms with Crippen molar-refractivity contribution in [1.82, 2.24) is 0 Å². The summed E-state index contributed by atoms with van der Waals surface area (Å²) in [6.07, 6.45) is 0.747. The molecule has 1 atom stereocenters. The quantitative estimate of drug-likeness (QED) is 0.786. The van der Waals surface area contributed by atoms with Gasteiger partial charge in [0.1, 0.15) is 11.6 Å². The van der Waals surface area contributed by atoms with Crippen LogP contribution in [0.5, 0.6) is 0 Å². The number of anilines is 1. The fraction of sp³-hybridized carbons (Fsp3) is 0.250.